The van der Waals surface area contributed by atoms with Crippen LogP contribution in [-0.4, -0.2) is 69.2 Å². The molecule has 0 amide bonds. The van der Waals surface area contributed by atoms with E-state index < -0.39 is 0 Å². The molecule has 1 unspecified atom stereocenters. The molecule has 1 aromatic rings. The number of ether oxygens (including phenoxy) is 1. The van der Waals surface area contributed by atoms with E-state index in [2.05, 4.69) is 27.2 Å². The minimum Gasteiger partial charge on any atom is -0.381 e. The van der Waals surface area contributed by atoms with Crippen LogP contribution < -0.4 is 5.32 Å². The molecule has 7 heteroatoms. The number of piperidine rings is 1. The van der Waals surface area contributed by atoms with Crippen molar-refractivity contribution >= 4 is 29.9 Å². The van der Waals surface area contributed by atoms with Gasteiger partial charge in [-0.25, -0.2) is 4.39 Å². The largest absolute Gasteiger partial charge is 0.381 e. The van der Waals surface area contributed by atoms with Gasteiger partial charge in [0.05, 0.1) is 6.61 Å². The standard InChI is InChI=1S/C21H33FN4O.HI/c1-23-21(25(2)14-18-9-12-27-16-18)24-13-17-7-10-26(11-8-17)15-19-5-3-4-6-20(19)22;/h3-6,17-18H,7-16H2,1-2H3,(H,23,24);1H. The Morgan fingerprint density at radius 2 is 2.00 bits per heavy atom. The number of halogens is 2. The van der Waals surface area contributed by atoms with Crippen LogP contribution in [0.3, 0.4) is 0 Å². The van der Waals surface area contributed by atoms with Crippen molar-refractivity contribution in [1.82, 2.24) is 15.1 Å². The summed E-state index contributed by atoms with van der Waals surface area (Å²) in [6.07, 6.45) is 3.42. The Morgan fingerprint density at radius 3 is 2.64 bits per heavy atom. The van der Waals surface area contributed by atoms with Gasteiger partial charge in [-0.2, -0.15) is 0 Å². The van der Waals surface area contributed by atoms with E-state index in [1.165, 1.54) is 0 Å². The summed E-state index contributed by atoms with van der Waals surface area (Å²) in [7, 11) is 3.95. The summed E-state index contributed by atoms with van der Waals surface area (Å²) >= 11 is 0. The molecule has 2 heterocycles. The zero-order valence-electron chi connectivity index (χ0n) is 17.1. The summed E-state index contributed by atoms with van der Waals surface area (Å²) in [5.74, 6) is 2.12. The monoisotopic (exact) mass is 504 g/mol. The highest BCUT2D eigenvalue weighted by Crippen LogP contribution is 2.20. The lowest BCUT2D eigenvalue weighted by atomic mass is 9.96. The van der Waals surface area contributed by atoms with Crippen LogP contribution in [0.25, 0.3) is 0 Å². The summed E-state index contributed by atoms with van der Waals surface area (Å²) in [5.41, 5.74) is 0.798. The van der Waals surface area contributed by atoms with E-state index in [0.29, 0.717) is 18.4 Å². The van der Waals surface area contributed by atoms with Crippen molar-refractivity contribution in [2.75, 3.05) is 53.5 Å². The molecule has 5 nitrogen and oxygen atoms in total. The van der Waals surface area contributed by atoms with Crippen molar-refractivity contribution in [2.45, 2.75) is 25.8 Å². The molecule has 2 aliphatic rings. The lowest BCUT2D eigenvalue weighted by molar-refractivity contribution is 0.175. The molecule has 2 fully saturated rings. The first-order chi connectivity index (χ1) is 13.2. The average molecular weight is 504 g/mol. The first-order valence-corrected chi connectivity index (χ1v) is 10.1. The Labute approximate surface area is 185 Å². The van der Waals surface area contributed by atoms with E-state index in [9.17, 15) is 4.39 Å². The third-order valence-electron chi connectivity index (χ3n) is 5.74. The van der Waals surface area contributed by atoms with Gasteiger partial charge in [-0.3, -0.25) is 9.89 Å². The highest BCUT2D eigenvalue weighted by molar-refractivity contribution is 14.0. The predicted molar refractivity (Wildman–Crippen MR) is 123 cm³/mol. The fourth-order valence-corrected chi connectivity index (χ4v) is 4.04. The molecule has 0 spiro atoms. The molecule has 3 rings (SSSR count). The van der Waals surface area contributed by atoms with E-state index in [0.717, 1.165) is 70.2 Å². The van der Waals surface area contributed by atoms with E-state index >= 15 is 0 Å². The maximum atomic E-state index is 13.8. The first-order valence-electron chi connectivity index (χ1n) is 10.1. The number of likely N-dealkylation sites (tertiary alicyclic amines) is 1. The lowest BCUT2D eigenvalue weighted by Crippen LogP contribution is -2.44. The van der Waals surface area contributed by atoms with E-state index in [4.69, 9.17) is 4.74 Å². The second kappa shape index (κ2) is 11.9. The van der Waals surface area contributed by atoms with Crippen molar-refractivity contribution < 1.29 is 9.13 Å². The number of hydrogen-bond acceptors (Lipinski definition) is 3. The van der Waals surface area contributed by atoms with Gasteiger partial charge in [0.15, 0.2) is 5.96 Å². The van der Waals surface area contributed by atoms with Crippen molar-refractivity contribution in [1.29, 1.82) is 0 Å². The van der Waals surface area contributed by atoms with Crippen LogP contribution >= 0.6 is 24.0 Å². The molecule has 0 aromatic heterocycles. The molecule has 0 radical (unpaired) electrons. The van der Waals surface area contributed by atoms with Gasteiger partial charge in [0.25, 0.3) is 0 Å². The molecule has 1 atom stereocenters. The number of hydrogen-bond donors (Lipinski definition) is 1. The van der Waals surface area contributed by atoms with Gasteiger partial charge in [-0.1, -0.05) is 18.2 Å². The number of benzene rings is 1. The van der Waals surface area contributed by atoms with Crippen LogP contribution in [0.2, 0.25) is 0 Å². The number of nitrogens with one attached hydrogen (secondary N) is 1. The molecular formula is C21H34FIN4O. The minimum atomic E-state index is -0.0965. The van der Waals surface area contributed by atoms with Crippen LogP contribution in [0.1, 0.15) is 24.8 Å². The molecule has 28 heavy (non-hydrogen) atoms. The fraction of sp³-hybridized carbons (Fsp3) is 0.667. The maximum absolute atomic E-state index is 13.8. The van der Waals surface area contributed by atoms with Gasteiger partial charge < -0.3 is 15.0 Å². The fourth-order valence-electron chi connectivity index (χ4n) is 4.04. The smallest absolute Gasteiger partial charge is 0.193 e. The summed E-state index contributed by atoms with van der Waals surface area (Å²) in [6.45, 7) is 6.44. The van der Waals surface area contributed by atoms with Gasteiger partial charge in [0.2, 0.25) is 0 Å². The van der Waals surface area contributed by atoms with Crippen LogP contribution in [0.5, 0.6) is 0 Å². The molecule has 2 aliphatic heterocycles. The molecule has 0 saturated carbocycles. The summed E-state index contributed by atoms with van der Waals surface area (Å²) < 4.78 is 19.3. The van der Waals surface area contributed by atoms with E-state index in [1.807, 2.05) is 19.2 Å². The van der Waals surface area contributed by atoms with Crippen LogP contribution in [0, 0.1) is 17.7 Å². The number of aliphatic imine (C=N–C) groups is 1. The molecule has 0 bridgehead atoms. The second-order valence-corrected chi connectivity index (χ2v) is 7.85. The first kappa shape index (κ1) is 23.3. The number of rotatable bonds is 6. The van der Waals surface area contributed by atoms with Crippen molar-refractivity contribution in [3.63, 3.8) is 0 Å². The second-order valence-electron chi connectivity index (χ2n) is 7.85. The number of nitrogens with zero attached hydrogens (tertiary/aromatic N) is 3. The molecule has 1 aromatic carbocycles. The van der Waals surface area contributed by atoms with Gasteiger partial charge >= 0.3 is 0 Å². The SMILES string of the molecule is CN=C(NCC1CCN(Cc2ccccc2F)CC1)N(C)CC1CCOC1.I. The normalized spacial score (nSPS) is 21.4. The molecular weight excluding hydrogens is 470 g/mol. The summed E-state index contributed by atoms with van der Waals surface area (Å²) in [5, 5.41) is 3.54. The lowest BCUT2D eigenvalue weighted by Gasteiger charge is -2.33. The predicted octanol–water partition coefficient (Wildman–Crippen LogP) is 3.20. The van der Waals surface area contributed by atoms with Crippen LogP contribution in [-0.2, 0) is 11.3 Å². The Bertz CT molecular complexity index is 616. The zero-order chi connectivity index (χ0) is 19.1. The molecule has 2 saturated heterocycles. The minimum absolute atomic E-state index is 0. The third-order valence-corrected chi connectivity index (χ3v) is 5.74. The van der Waals surface area contributed by atoms with Gasteiger partial charge in [0.1, 0.15) is 5.82 Å². The zero-order valence-corrected chi connectivity index (χ0v) is 19.4. The Morgan fingerprint density at radius 1 is 1.25 bits per heavy atom. The Kier molecular flexibility index (Phi) is 9.94. The van der Waals surface area contributed by atoms with Crippen LogP contribution in [0.15, 0.2) is 29.3 Å². The molecule has 158 valence electrons. The highest BCUT2D eigenvalue weighted by Gasteiger charge is 2.22. The van der Waals surface area contributed by atoms with Gasteiger partial charge in [-0.05, 0) is 44.3 Å². The summed E-state index contributed by atoms with van der Waals surface area (Å²) in [4.78, 5) is 9.01. The van der Waals surface area contributed by atoms with Crippen LogP contribution in [0.4, 0.5) is 4.39 Å². The summed E-state index contributed by atoms with van der Waals surface area (Å²) in [6, 6.07) is 7.10. The van der Waals surface area contributed by atoms with Crippen molar-refractivity contribution in [3.05, 3.63) is 35.6 Å². The van der Waals surface area contributed by atoms with Gasteiger partial charge in [-0.15, -0.1) is 24.0 Å². The highest BCUT2D eigenvalue weighted by atomic mass is 127. The molecule has 1 N–H and O–H groups in total. The van der Waals surface area contributed by atoms with Gasteiger partial charge in [0, 0.05) is 51.8 Å². The topological polar surface area (TPSA) is 40.1 Å². The van der Waals surface area contributed by atoms with E-state index in [1.54, 1.807) is 12.1 Å². The Balaban J connectivity index is 0.00000280. The third kappa shape index (κ3) is 6.84. The number of guanidine groups is 1. The Hall–Kier alpha value is -0.930. The van der Waals surface area contributed by atoms with E-state index in [-0.39, 0.29) is 29.8 Å². The van der Waals surface area contributed by atoms with Crippen molar-refractivity contribution in [2.24, 2.45) is 16.8 Å². The quantitative estimate of drug-likeness (QED) is 0.367. The average Bonchev–Trinajstić information content (AvgIpc) is 3.18. The van der Waals surface area contributed by atoms with Crippen molar-refractivity contribution in [3.8, 4) is 0 Å². The maximum Gasteiger partial charge on any atom is 0.193 e. The molecule has 0 aliphatic carbocycles.